The van der Waals surface area contributed by atoms with Crippen LogP contribution in [0.4, 0.5) is 0 Å². The molecule has 0 fully saturated rings. The van der Waals surface area contributed by atoms with Crippen molar-refractivity contribution in [2.75, 3.05) is 13.1 Å². The topological polar surface area (TPSA) is 84.2 Å². The molecule has 0 heterocycles. The summed E-state index contributed by atoms with van der Waals surface area (Å²) < 4.78 is 0. The lowest BCUT2D eigenvalue weighted by molar-refractivity contribution is -0.125. The first-order valence-electron chi connectivity index (χ1n) is 5.81. The summed E-state index contributed by atoms with van der Waals surface area (Å²) in [6, 6.07) is -0.320. The Morgan fingerprint density at radius 2 is 1.88 bits per heavy atom. The second-order valence-corrected chi connectivity index (χ2v) is 3.97. The van der Waals surface area contributed by atoms with E-state index in [1.165, 1.54) is 0 Å². The van der Waals surface area contributed by atoms with Crippen molar-refractivity contribution >= 4 is 11.8 Å². The number of carbonyl (C=O) groups is 2. The molecule has 2 unspecified atom stereocenters. The van der Waals surface area contributed by atoms with E-state index in [1.54, 1.807) is 0 Å². The first-order valence-corrected chi connectivity index (χ1v) is 5.81. The molecular weight excluding hydrogens is 206 g/mol. The number of rotatable bonds is 7. The lowest BCUT2D eigenvalue weighted by atomic mass is 10.1. The lowest BCUT2D eigenvalue weighted by Gasteiger charge is -2.14. The maximum Gasteiger partial charge on any atom is 0.222 e. The molecule has 0 radical (unpaired) electrons. The van der Waals surface area contributed by atoms with Gasteiger partial charge in [0.05, 0.1) is 0 Å². The van der Waals surface area contributed by atoms with Gasteiger partial charge in [0.25, 0.3) is 0 Å². The largest absolute Gasteiger partial charge is 0.356 e. The molecule has 0 saturated carbocycles. The highest BCUT2D eigenvalue weighted by atomic mass is 16.2. The predicted molar refractivity (Wildman–Crippen MR) is 63.7 cm³/mol. The summed E-state index contributed by atoms with van der Waals surface area (Å²) in [6.45, 7) is 6.63. The van der Waals surface area contributed by atoms with Gasteiger partial charge in [0.2, 0.25) is 11.8 Å². The van der Waals surface area contributed by atoms with E-state index in [9.17, 15) is 9.59 Å². The molecule has 0 aliphatic heterocycles. The third-order valence-electron chi connectivity index (χ3n) is 2.42. The van der Waals surface area contributed by atoms with Gasteiger partial charge in [0.15, 0.2) is 0 Å². The van der Waals surface area contributed by atoms with Gasteiger partial charge in [-0.3, -0.25) is 9.59 Å². The first kappa shape index (κ1) is 14.9. The number of hydrogen-bond acceptors (Lipinski definition) is 3. The van der Waals surface area contributed by atoms with Gasteiger partial charge in [-0.25, -0.2) is 0 Å². The van der Waals surface area contributed by atoms with Crippen LogP contribution in [0, 0.1) is 5.92 Å². The van der Waals surface area contributed by atoms with E-state index in [4.69, 9.17) is 5.73 Å². The molecule has 0 aromatic carbocycles. The van der Waals surface area contributed by atoms with Gasteiger partial charge < -0.3 is 16.4 Å². The second kappa shape index (κ2) is 8.10. The number of nitrogens with one attached hydrogen (secondary N) is 2. The molecule has 0 aromatic rings. The van der Waals surface area contributed by atoms with Crippen molar-refractivity contribution in [1.29, 1.82) is 0 Å². The Balaban J connectivity index is 3.76. The van der Waals surface area contributed by atoms with E-state index in [1.807, 2.05) is 20.8 Å². The molecule has 5 heteroatoms. The monoisotopic (exact) mass is 229 g/mol. The minimum absolute atomic E-state index is 0.00308. The first-order chi connectivity index (χ1) is 7.51. The summed E-state index contributed by atoms with van der Waals surface area (Å²) in [5.41, 5.74) is 5.72. The Morgan fingerprint density at radius 1 is 1.25 bits per heavy atom. The van der Waals surface area contributed by atoms with E-state index < -0.39 is 0 Å². The molecule has 2 atom stereocenters. The molecule has 16 heavy (non-hydrogen) atoms. The minimum atomic E-state index is -0.320. The molecule has 0 spiro atoms. The highest BCUT2D eigenvalue weighted by molar-refractivity contribution is 5.79. The van der Waals surface area contributed by atoms with Crippen LogP contribution in [0.1, 0.15) is 33.6 Å². The van der Waals surface area contributed by atoms with Crippen LogP contribution in [-0.4, -0.2) is 30.9 Å². The standard InChI is InChI=1S/C11H23N3O2/c1-4-8(3)11(16)14-7-9(12)6-10(15)13-5-2/h8-9H,4-7,12H2,1-3H3,(H,13,15)(H,14,16). The van der Waals surface area contributed by atoms with Crippen LogP contribution in [0.3, 0.4) is 0 Å². The Morgan fingerprint density at radius 3 is 2.38 bits per heavy atom. The van der Waals surface area contributed by atoms with Crippen LogP contribution in [-0.2, 0) is 9.59 Å². The SMILES string of the molecule is CCNC(=O)CC(N)CNC(=O)C(C)CC. The van der Waals surface area contributed by atoms with Crippen molar-refractivity contribution in [3.05, 3.63) is 0 Å². The summed E-state index contributed by atoms with van der Waals surface area (Å²) in [6.07, 6.45) is 1.05. The summed E-state index contributed by atoms with van der Waals surface area (Å²) in [5, 5.41) is 5.40. The van der Waals surface area contributed by atoms with Gasteiger partial charge in [-0.2, -0.15) is 0 Å². The van der Waals surface area contributed by atoms with Crippen molar-refractivity contribution in [1.82, 2.24) is 10.6 Å². The normalized spacial score (nSPS) is 14.0. The number of nitrogens with two attached hydrogens (primary N) is 1. The summed E-state index contributed by atoms with van der Waals surface area (Å²) in [5.74, 6) is -0.0849. The zero-order chi connectivity index (χ0) is 12.6. The Labute approximate surface area is 97.2 Å². The lowest BCUT2D eigenvalue weighted by Crippen LogP contribution is -2.42. The average molecular weight is 229 g/mol. The zero-order valence-electron chi connectivity index (χ0n) is 10.4. The molecule has 0 bridgehead atoms. The van der Waals surface area contributed by atoms with Crippen molar-refractivity contribution in [2.45, 2.75) is 39.7 Å². The fraction of sp³-hybridized carbons (Fsp3) is 0.818. The molecule has 5 nitrogen and oxygen atoms in total. The van der Waals surface area contributed by atoms with E-state index >= 15 is 0 Å². The van der Waals surface area contributed by atoms with Crippen molar-refractivity contribution in [2.24, 2.45) is 11.7 Å². The van der Waals surface area contributed by atoms with Crippen LogP contribution in [0.15, 0.2) is 0 Å². The Hall–Kier alpha value is -1.10. The van der Waals surface area contributed by atoms with E-state index in [-0.39, 0.29) is 30.2 Å². The Kier molecular flexibility index (Phi) is 7.54. The number of amides is 2. The third-order valence-corrected chi connectivity index (χ3v) is 2.42. The minimum Gasteiger partial charge on any atom is -0.356 e. The van der Waals surface area contributed by atoms with E-state index in [2.05, 4.69) is 10.6 Å². The van der Waals surface area contributed by atoms with Gasteiger partial charge in [-0.1, -0.05) is 13.8 Å². The molecule has 0 saturated heterocycles. The third kappa shape index (κ3) is 6.40. The summed E-state index contributed by atoms with van der Waals surface area (Å²) in [7, 11) is 0. The quantitative estimate of drug-likeness (QED) is 0.574. The van der Waals surface area contributed by atoms with Gasteiger partial charge >= 0.3 is 0 Å². The average Bonchev–Trinajstić information content (AvgIpc) is 2.24. The number of hydrogen-bond donors (Lipinski definition) is 3. The van der Waals surface area contributed by atoms with Crippen LogP contribution in [0.25, 0.3) is 0 Å². The molecule has 0 aliphatic rings. The molecule has 0 aliphatic carbocycles. The molecule has 2 amide bonds. The molecule has 94 valence electrons. The van der Waals surface area contributed by atoms with Gasteiger partial charge in [0.1, 0.15) is 0 Å². The highest BCUT2D eigenvalue weighted by Gasteiger charge is 2.13. The number of carbonyl (C=O) groups excluding carboxylic acids is 2. The summed E-state index contributed by atoms with van der Waals surface area (Å²) in [4.78, 5) is 22.6. The van der Waals surface area contributed by atoms with Crippen molar-refractivity contribution in [3.8, 4) is 0 Å². The van der Waals surface area contributed by atoms with Crippen molar-refractivity contribution in [3.63, 3.8) is 0 Å². The second-order valence-electron chi connectivity index (χ2n) is 3.97. The maximum atomic E-state index is 11.4. The summed E-state index contributed by atoms with van der Waals surface area (Å²) >= 11 is 0. The van der Waals surface area contributed by atoms with Gasteiger partial charge in [-0.15, -0.1) is 0 Å². The fourth-order valence-corrected chi connectivity index (χ4v) is 1.17. The van der Waals surface area contributed by atoms with Crippen LogP contribution >= 0.6 is 0 Å². The van der Waals surface area contributed by atoms with Crippen LogP contribution in [0.5, 0.6) is 0 Å². The molecule has 0 aromatic heterocycles. The predicted octanol–water partition coefficient (Wildman–Crippen LogP) is 0.00220. The molecule has 0 rings (SSSR count). The van der Waals surface area contributed by atoms with E-state index in [0.717, 1.165) is 6.42 Å². The zero-order valence-corrected chi connectivity index (χ0v) is 10.4. The van der Waals surface area contributed by atoms with Crippen LogP contribution in [0.2, 0.25) is 0 Å². The van der Waals surface area contributed by atoms with Gasteiger partial charge in [-0.05, 0) is 13.3 Å². The maximum absolute atomic E-state index is 11.4. The molecular formula is C11H23N3O2. The van der Waals surface area contributed by atoms with E-state index in [0.29, 0.717) is 13.1 Å². The highest BCUT2D eigenvalue weighted by Crippen LogP contribution is 1.99. The van der Waals surface area contributed by atoms with Gasteiger partial charge in [0, 0.05) is 31.5 Å². The Bertz CT molecular complexity index is 231. The van der Waals surface area contributed by atoms with Crippen LogP contribution < -0.4 is 16.4 Å². The fourth-order valence-electron chi connectivity index (χ4n) is 1.17. The van der Waals surface area contributed by atoms with Crippen molar-refractivity contribution < 1.29 is 9.59 Å². The smallest absolute Gasteiger partial charge is 0.222 e. The molecule has 4 N–H and O–H groups in total.